The molecule has 1 unspecified atom stereocenters. The number of hydrogen-bond acceptors (Lipinski definition) is 4. The maximum absolute atomic E-state index is 12.2. The van der Waals surface area contributed by atoms with Crippen LogP contribution in [0.25, 0.3) is 0 Å². The first-order valence-corrected chi connectivity index (χ1v) is 7.72. The zero-order chi connectivity index (χ0) is 14.6. The van der Waals surface area contributed by atoms with E-state index in [-0.39, 0.29) is 10.9 Å². The normalized spacial score (nSPS) is 12.9. The fourth-order valence-corrected chi connectivity index (χ4v) is 2.73. The summed E-state index contributed by atoms with van der Waals surface area (Å²) in [5, 5.41) is 3.10. The van der Waals surface area contributed by atoms with E-state index >= 15 is 0 Å². The number of aromatic nitrogens is 1. The van der Waals surface area contributed by atoms with E-state index in [4.69, 9.17) is 0 Å². The quantitative estimate of drug-likeness (QED) is 0.885. The highest BCUT2D eigenvalue weighted by Gasteiger charge is 2.15. The number of anilines is 1. The Labute approximate surface area is 119 Å². The van der Waals surface area contributed by atoms with Crippen LogP contribution < -0.4 is 10.0 Å². The van der Waals surface area contributed by atoms with Crippen LogP contribution in [0.1, 0.15) is 18.5 Å². The van der Waals surface area contributed by atoms with Crippen LogP contribution >= 0.6 is 0 Å². The number of hydrogen-bond donors (Lipinski definition) is 2. The average molecular weight is 291 g/mol. The maximum Gasteiger partial charge on any atom is 0.263 e. The van der Waals surface area contributed by atoms with Crippen molar-refractivity contribution in [3.63, 3.8) is 0 Å². The minimum absolute atomic E-state index is 0.176. The standard InChI is InChI=1S/C14H17N3O2S/c1-11(15-2)12-6-8-13(9-7-12)20(18,19)17-14-5-3-4-10-16-14/h3-11,15H,1-2H3,(H,16,17). The molecule has 0 aliphatic rings. The Morgan fingerprint density at radius 1 is 1.10 bits per heavy atom. The van der Waals surface area contributed by atoms with Crippen molar-refractivity contribution in [2.45, 2.75) is 17.9 Å². The van der Waals surface area contributed by atoms with E-state index in [2.05, 4.69) is 15.0 Å². The van der Waals surface area contributed by atoms with Crippen LogP contribution in [0.5, 0.6) is 0 Å². The first-order chi connectivity index (χ1) is 9.53. The maximum atomic E-state index is 12.2. The SMILES string of the molecule is CNC(C)c1ccc(S(=O)(=O)Nc2ccccn2)cc1. The molecule has 106 valence electrons. The van der Waals surface area contributed by atoms with Crippen LogP contribution in [0, 0.1) is 0 Å². The van der Waals surface area contributed by atoms with Crippen molar-refractivity contribution in [3.8, 4) is 0 Å². The fraction of sp³-hybridized carbons (Fsp3) is 0.214. The summed E-state index contributed by atoms with van der Waals surface area (Å²) in [5.74, 6) is 0.306. The first-order valence-electron chi connectivity index (χ1n) is 6.24. The molecule has 2 aromatic rings. The van der Waals surface area contributed by atoms with Crippen molar-refractivity contribution in [3.05, 3.63) is 54.2 Å². The van der Waals surface area contributed by atoms with Gasteiger partial charge >= 0.3 is 0 Å². The van der Waals surface area contributed by atoms with Gasteiger partial charge in [-0.05, 0) is 43.8 Å². The second-order valence-electron chi connectivity index (χ2n) is 4.40. The van der Waals surface area contributed by atoms with E-state index < -0.39 is 10.0 Å². The summed E-state index contributed by atoms with van der Waals surface area (Å²) >= 11 is 0. The zero-order valence-electron chi connectivity index (χ0n) is 11.4. The molecule has 2 N–H and O–H groups in total. The molecule has 5 nitrogen and oxygen atoms in total. The third kappa shape index (κ3) is 3.34. The van der Waals surface area contributed by atoms with Crippen LogP contribution in [0.2, 0.25) is 0 Å². The summed E-state index contributed by atoms with van der Waals surface area (Å²) in [6.07, 6.45) is 1.54. The number of benzene rings is 1. The number of rotatable bonds is 5. The van der Waals surface area contributed by atoms with Gasteiger partial charge in [0.2, 0.25) is 0 Å². The highest BCUT2D eigenvalue weighted by Crippen LogP contribution is 2.17. The molecule has 1 heterocycles. The molecule has 0 bridgehead atoms. The van der Waals surface area contributed by atoms with Crippen molar-refractivity contribution in [2.24, 2.45) is 0 Å². The van der Waals surface area contributed by atoms with E-state index in [1.807, 2.05) is 14.0 Å². The Morgan fingerprint density at radius 2 is 1.80 bits per heavy atom. The topological polar surface area (TPSA) is 71.1 Å². The van der Waals surface area contributed by atoms with E-state index in [0.717, 1.165) is 5.56 Å². The van der Waals surface area contributed by atoms with Gasteiger partial charge in [0.15, 0.2) is 0 Å². The molecular formula is C14H17N3O2S. The minimum Gasteiger partial charge on any atom is -0.313 e. The van der Waals surface area contributed by atoms with Crippen LogP contribution in [-0.4, -0.2) is 20.4 Å². The molecule has 0 radical (unpaired) electrons. The summed E-state index contributed by atoms with van der Waals surface area (Å²) in [6.45, 7) is 2.01. The van der Waals surface area contributed by atoms with Crippen molar-refractivity contribution in [1.29, 1.82) is 0 Å². The van der Waals surface area contributed by atoms with Crippen molar-refractivity contribution in [1.82, 2.24) is 10.3 Å². The molecule has 1 aromatic carbocycles. The van der Waals surface area contributed by atoms with E-state index in [1.165, 1.54) is 6.20 Å². The van der Waals surface area contributed by atoms with Gasteiger partial charge in [-0.15, -0.1) is 0 Å². The minimum atomic E-state index is -3.60. The second-order valence-corrected chi connectivity index (χ2v) is 6.08. The molecule has 6 heteroatoms. The van der Waals surface area contributed by atoms with Crippen molar-refractivity contribution in [2.75, 3.05) is 11.8 Å². The molecule has 0 amide bonds. The molecule has 0 saturated heterocycles. The lowest BCUT2D eigenvalue weighted by molar-refractivity contribution is 0.600. The molecule has 0 fully saturated rings. The molecule has 20 heavy (non-hydrogen) atoms. The van der Waals surface area contributed by atoms with E-state index in [0.29, 0.717) is 5.82 Å². The summed E-state index contributed by atoms with van der Waals surface area (Å²) in [4.78, 5) is 4.17. The number of nitrogens with zero attached hydrogens (tertiary/aromatic N) is 1. The number of nitrogens with one attached hydrogen (secondary N) is 2. The lowest BCUT2D eigenvalue weighted by Crippen LogP contribution is -2.15. The molecule has 2 rings (SSSR count). The van der Waals surface area contributed by atoms with Gasteiger partial charge in [-0.2, -0.15) is 0 Å². The molecular weight excluding hydrogens is 274 g/mol. The van der Waals surface area contributed by atoms with Crippen LogP contribution in [-0.2, 0) is 10.0 Å². The molecule has 1 aromatic heterocycles. The Kier molecular flexibility index (Phi) is 4.36. The third-order valence-electron chi connectivity index (χ3n) is 3.03. The van der Waals surface area contributed by atoms with Gasteiger partial charge in [0.05, 0.1) is 4.90 Å². The van der Waals surface area contributed by atoms with E-state index in [9.17, 15) is 8.42 Å². The smallest absolute Gasteiger partial charge is 0.263 e. The highest BCUT2D eigenvalue weighted by molar-refractivity contribution is 7.92. The Morgan fingerprint density at radius 3 is 2.35 bits per heavy atom. The van der Waals surface area contributed by atoms with Crippen molar-refractivity contribution < 1.29 is 8.42 Å². The fourth-order valence-electron chi connectivity index (χ4n) is 1.72. The lowest BCUT2D eigenvalue weighted by Gasteiger charge is -2.12. The lowest BCUT2D eigenvalue weighted by atomic mass is 10.1. The monoisotopic (exact) mass is 291 g/mol. The predicted molar refractivity (Wildman–Crippen MR) is 79.0 cm³/mol. The Hall–Kier alpha value is -1.92. The average Bonchev–Trinajstić information content (AvgIpc) is 2.47. The second kappa shape index (κ2) is 6.02. The third-order valence-corrected chi connectivity index (χ3v) is 4.40. The van der Waals surface area contributed by atoms with Crippen LogP contribution in [0.15, 0.2) is 53.6 Å². The predicted octanol–water partition coefficient (Wildman–Crippen LogP) is 2.16. The number of pyridine rings is 1. The summed E-state index contributed by atoms with van der Waals surface area (Å²) in [7, 11) is -1.74. The Balaban J connectivity index is 2.22. The molecule has 1 atom stereocenters. The molecule has 0 aliphatic heterocycles. The Bertz CT molecular complexity index is 655. The van der Waals surface area contributed by atoms with Crippen LogP contribution in [0.3, 0.4) is 0 Å². The molecule has 0 saturated carbocycles. The zero-order valence-corrected chi connectivity index (χ0v) is 12.2. The van der Waals surface area contributed by atoms with Crippen molar-refractivity contribution >= 4 is 15.8 Å². The van der Waals surface area contributed by atoms with Gasteiger partial charge in [0, 0.05) is 12.2 Å². The van der Waals surface area contributed by atoms with Gasteiger partial charge in [0.25, 0.3) is 10.0 Å². The molecule has 0 spiro atoms. The van der Waals surface area contributed by atoms with Crippen LogP contribution in [0.4, 0.5) is 5.82 Å². The molecule has 0 aliphatic carbocycles. The highest BCUT2D eigenvalue weighted by atomic mass is 32.2. The summed E-state index contributed by atoms with van der Waals surface area (Å²) < 4.78 is 26.8. The number of sulfonamides is 1. The largest absolute Gasteiger partial charge is 0.313 e. The summed E-state index contributed by atoms with van der Waals surface area (Å²) in [6, 6.07) is 12.0. The summed E-state index contributed by atoms with van der Waals surface area (Å²) in [5.41, 5.74) is 1.03. The van der Waals surface area contributed by atoms with Gasteiger partial charge in [-0.25, -0.2) is 13.4 Å². The van der Waals surface area contributed by atoms with Gasteiger partial charge in [-0.3, -0.25) is 4.72 Å². The van der Waals surface area contributed by atoms with Gasteiger partial charge < -0.3 is 5.32 Å². The van der Waals surface area contributed by atoms with Gasteiger partial charge in [0.1, 0.15) is 5.82 Å². The first kappa shape index (κ1) is 14.5. The van der Waals surface area contributed by atoms with Gasteiger partial charge in [-0.1, -0.05) is 18.2 Å². The van der Waals surface area contributed by atoms with E-state index in [1.54, 1.807) is 42.5 Å².